The van der Waals surface area contributed by atoms with Gasteiger partial charge in [-0.3, -0.25) is 4.90 Å². The Hall–Kier alpha value is -0.560. The van der Waals surface area contributed by atoms with E-state index in [1.54, 1.807) is 0 Å². The van der Waals surface area contributed by atoms with Crippen LogP contribution in [-0.4, -0.2) is 31.1 Å². The third kappa shape index (κ3) is 4.34. The number of halogens is 6. The van der Waals surface area contributed by atoms with Gasteiger partial charge in [0.25, 0.3) is 0 Å². The van der Waals surface area contributed by atoms with Gasteiger partial charge in [-0.2, -0.15) is 13.2 Å². The highest BCUT2D eigenvalue weighted by Gasteiger charge is 2.39. The Morgan fingerprint density at radius 1 is 1.08 bits per heavy atom. The van der Waals surface area contributed by atoms with E-state index in [0.717, 1.165) is 51.5 Å². The van der Waals surface area contributed by atoms with Gasteiger partial charge in [-0.15, -0.1) is 24.8 Å². The molecule has 24 heavy (non-hydrogen) atoms. The average Bonchev–Trinajstić information content (AvgIpc) is 2.43. The third-order valence-corrected chi connectivity index (χ3v) is 4.79. The van der Waals surface area contributed by atoms with E-state index >= 15 is 0 Å². The van der Waals surface area contributed by atoms with Crippen LogP contribution in [0.1, 0.15) is 36.4 Å². The molecule has 0 bridgehead atoms. The molecule has 2 aliphatic rings. The fourth-order valence-corrected chi connectivity index (χ4v) is 3.46. The lowest BCUT2D eigenvalue weighted by Crippen LogP contribution is -2.48. The molecule has 1 atom stereocenters. The van der Waals surface area contributed by atoms with Crippen molar-refractivity contribution < 1.29 is 17.6 Å². The van der Waals surface area contributed by atoms with Gasteiger partial charge in [-0.1, -0.05) is 18.6 Å². The lowest BCUT2D eigenvalue weighted by molar-refractivity contribution is -0.140. The highest BCUT2D eigenvalue weighted by molar-refractivity contribution is 5.85. The monoisotopic (exact) mass is 388 g/mol. The van der Waals surface area contributed by atoms with E-state index in [2.05, 4.69) is 10.2 Å². The molecule has 2 nitrogen and oxygen atoms in total. The van der Waals surface area contributed by atoms with Gasteiger partial charge in [0.1, 0.15) is 5.82 Å². The van der Waals surface area contributed by atoms with Gasteiger partial charge >= 0.3 is 6.18 Å². The Bertz CT molecular complexity index is 529. The lowest BCUT2D eigenvalue weighted by Gasteiger charge is -2.43. The first-order valence-electron chi connectivity index (χ1n) is 7.79. The predicted octanol–water partition coefficient (Wildman–Crippen LogP) is 4.43. The largest absolute Gasteiger partial charge is 0.419 e. The SMILES string of the molecule is Cl.Cl.Fc1c([C@@H](C2CCC2)N2CCNCC2)cccc1C(F)(F)F. The van der Waals surface area contributed by atoms with E-state index in [-0.39, 0.29) is 42.3 Å². The standard InChI is InChI=1S/C16H20F4N2.2ClH/c17-14-12(5-2-6-13(14)16(18,19)20)15(11-3-1-4-11)22-9-7-21-8-10-22;;/h2,5-6,11,15,21H,1,3-4,7-10H2;2*1H/t15-;;/m1../s1. The number of rotatable bonds is 3. The molecule has 0 aromatic heterocycles. The maximum absolute atomic E-state index is 14.5. The molecule has 3 rings (SSSR count). The molecule has 1 aliphatic carbocycles. The van der Waals surface area contributed by atoms with Crippen molar-refractivity contribution in [2.24, 2.45) is 5.92 Å². The second kappa shape index (κ2) is 8.70. The minimum absolute atomic E-state index is 0. The molecular weight excluding hydrogens is 367 g/mol. The van der Waals surface area contributed by atoms with E-state index in [1.807, 2.05) is 0 Å². The molecule has 0 amide bonds. The van der Waals surface area contributed by atoms with Gasteiger partial charge in [0.2, 0.25) is 0 Å². The summed E-state index contributed by atoms with van der Waals surface area (Å²) < 4.78 is 53.4. The molecule has 1 saturated carbocycles. The van der Waals surface area contributed by atoms with Crippen molar-refractivity contribution in [3.63, 3.8) is 0 Å². The van der Waals surface area contributed by atoms with Crippen molar-refractivity contribution in [1.29, 1.82) is 0 Å². The van der Waals surface area contributed by atoms with Crippen molar-refractivity contribution in [1.82, 2.24) is 10.2 Å². The summed E-state index contributed by atoms with van der Waals surface area (Å²) in [5, 5.41) is 3.23. The molecule has 1 saturated heterocycles. The van der Waals surface area contributed by atoms with Gasteiger partial charge < -0.3 is 5.32 Å². The normalized spacial score (nSPS) is 20.5. The van der Waals surface area contributed by atoms with Crippen LogP contribution in [0.5, 0.6) is 0 Å². The van der Waals surface area contributed by atoms with E-state index in [0.29, 0.717) is 0 Å². The van der Waals surface area contributed by atoms with Gasteiger partial charge in [-0.25, -0.2) is 4.39 Å². The summed E-state index contributed by atoms with van der Waals surface area (Å²) in [6.07, 6.45) is -1.64. The van der Waals surface area contributed by atoms with Crippen molar-refractivity contribution in [2.45, 2.75) is 31.5 Å². The molecule has 0 unspecified atom stereocenters. The van der Waals surface area contributed by atoms with Gasteiger partial charge in [0.15, 0.2) is 0 Å². The lowest BCUT2D eigenvalue weighted by atomic mass is 9.76. The fraction of sp³-hybridized carbons (Fsp3) is 0.625. The maximum atomic E-state index is 14.5. The van der Waals surface area contributed by atoms with E-state index < -0.39 is 17.6 Å². The quantitative estimate of drug-likeness (QED) is 0.770. The predicted molar refractivity (Wildman–Crippen MR) is 90.4 cm³/mol. The number of piperazine rings is 1. The topological polar surface area (TPSA) is 15.3 Å². The maximum Gasteiger partial charge on any atom is 0.419 e. The van der Waals surface area contributed by atoms with Crippen LogP contribution in [0.4, 0.5) is 17.6 Å². The van der Waals surface area contributed by atoms with E-state index in [9.17, 15) is 17.6 Å². The molecule has 1 aromatic carbocycles. The Labute approximate surface area is 151 Å². The number of hydrogen-bond acceptors (Lipinski definition) is 2. The molecule has 1 aromatic rings. The first kappa shape index (κ1) is 21.5. The Morgan fingerprint density at radius 3 is 2.21 bits per heavy atom. The summed E-state index contributed by atoms with van der Waals surface area (Å²) in [6, 6.07) is 3.44. The summed E-state index contributed by atoms with van der Waals surface area (Å²) in [6.45, 7) is 3.08. The van der Waals surface area contributed by atoms with Crippen LogP contribution in [0.25, 0.3) is 0 Å². The molecular formula is C16H22Cl2F4N2. The highest BCUT2D eigenvalue weighted by Crippen LogP contribution is 2.44. The Morgan fingerprint density at radius 2 is 1.71 bits per heavy atom. The van der Waals surface area contributed by atoms with Crippen molar-refractivity contribution in [3.05, 3.63) is 35.1 Å². The Balaban J connectivity index is 0.00000144. The first-order chi connectivity index (χ1) is 10.5. The third-order valence-electron chi connectivity index (χ3n) is 4.79. The number of hydrogen-bond donors (Lipinski definition) is 1. The second-order valence-electron chi connectivity index (χ2n) is 6.13. The van der Waals surface area contributed by atoms with Crippen LogP contribution in [0.2, 0.25) is 0 Å². The zero-order valence-electron chi connectivity index (χ0n) is 13.1. The molecule has 0 spiro atoms. The minimum Gasteiger partial charge on any atom is -0.314 e. The zero-order valence-corrected chi connectivity index (χ0v) is 14.7. The molecule has 1 heterocycles. The average molecular weight is 389 g/mol. The first-order valence-corrected chi connectivity index (χ1v) is 7.79. The zero-order chi connectivity index (χ0) is 15.7. The van der Waals surface area contributed by atoms with Crippen LogP contribution in [0, 0.1) is 11.7 Å². The molecule has 1 aliphatic heterocycles. The van der Waals surface area contributed by atoms with Crippen LogP contribution >= 0.6 is 24.8 Å². The van der Waals surface area contributed by atoms with Crippen molar-refractivity contribution in [2.75, 3.05) is 26.2 Å². The molecule has 138 valence electrons. The number of alkyl halides is 3. The van der Waals surface area contributed by atoms with Crippen LogP contribution in [0.3, 0.4) is 0 Å². The van der Waals surface area contributed by atoms with E-state index in [4.69, 9.17) is 0 Å². The van der Waals surface area contributed by atoms with E-state index in [1.165, 1.54) is 12.1 Å². The molecule has 1 N–H and O–H groups in total. The summed E-state index contributed by atoms with van der Waals surface area (Å²) >= 11 is 0. The molecule has 0 radical (unpaired) electrons. The fourth-order valence-electron chi connectivity index (χ4n) is 3.46. The molecule has 2 fully saturated rings. The summed E-state index contributed by atoms with van der Waals surface area (Å²) in [4.78, 5) is 2.14. The van der Waals surface area contributed by atoms with Crippen molar-refractivity contribution in [3.8, 4) is 0 Å². The van der Waals surface area contributed by atoms with Crippen LogP contribution in [-0.2, 0) is 6.18 Å². The second-order valence-corrected chi connectivity index (χ2v) is 6.13. The van der Waals surface area contributed by atoms with Gasteiger partial charge in [-0.05, 0) is 24.8 Å². The molecule has 8 heteroatoms. The smallest absolute Gasteiger partial charge is 0.314 e. The number of benzene rings is 1. The Kier molecular flexibility index (Phi) is 7.78. The van der Waals surface area contributed by atoms with Gasteiger partial charge in [0, 0.05) is 37.8 Å². The summed E-state index contributed by atoms with van der Waals surface area (Å²) in [7, 11) is 0. The number of nitrogens with one attached hydrogen (secondary N) is 1. The minimum atomic E-state index is -4.65. The number of nitrogens with zero attached hydrogens (tertiary/aromatic N) is 1. The van der Waals surface area contributed by atoms with Crippen LogP contribution < -0.4 is 5.32 Å². The highest BCUT2D eigenvalue weighted by atomic mass is 35.5. The summed E-state index contributed by atoms with van der Waals surface area (Å²) in [5.41, 5.74) is -0.939. The van der Waals surface area contributed by atoms with Gasteiger partial charge in [0.05, 0.1) is 5.56 Å². The summed E-state index contributed by atoms with van der Waals surface area (Å²) in [5.74, 6) is -0.832. The van der Waals surface area contributed by atoms with Crippen LogP contribution in [0.15, 0.2) is 18.2 Å². The van der Waals surface area contributed by atoms with Crippen molar-refractivity contribution >= 4 is 24.8 Å².